The third kappa shape index (κ3) is 1.91. The van der Waals surface area contributed by atoms with Gasteiger partial charge in [-0.1, -0.05) is 12.1 Å². The van der Waals surface area contributed by atoms with Gasteiger partial charge in [0.25, 0.3) is 0 Å². The van der Waals surface area contributed by atoms with Crippen LogP contribution in [-0.2, 0) is 0 Å². The molecule has 0 bridgehead atoms. The van der Waals surface area contributed by atoms with Crippen molar-refractivity contribution in [2.24, 2.45) is 0 Å². The van der Waals surface area contributed by atoms with E-state index >= 15 is 0 Å². The van der Waals surface area contributed by atoms with E-state index in [1.165, 1.54) is 18.2 Å². The van der Waals surface area contributed by atoms with Gasteiger partial charge in [0, 0.05) is 11.3 Å². The standard InChI is InChI=1S/C12H10FNO/c13-9-4-5-12(15)11(7-9)8-2-1-3-10(14)6-8/h1-7,15H,14H2. The molecule has 2 nitrogen and oxygen atoms in total. The van der Waals surface area contributed by atoms with Crippen LogP contribution in [-0.4, -0.2) is 5.11 Å². The molecule has 0 radical (unpaired) electrons. The zero-order valence-electron chi connectivity index (χ0n) is 7.94. The van der Waals surface area contributed by atoms with Crippen molar-refractivity contribution in [3.05, 3.63) is 48.3 Å². The van der Waals surface area contributed by atoms with E-state index in [9.17, 15) is 9.50 Å². The Morgan fingerprint density at radius 2 is 1.87 bits per heavy atom. The first-order valence-electron chi connectivity index (χ1n) is 4.51. The molecule has 0 unspecified atom stereocenters. The summed E-state index contributed by atoms with van der Waals surface area (Å²) in [6, 6.07) is 10.8. The quantitative estimate of drug-likeness (QED) is 0.700. The van der Waals surface area contributed by atoms with Crippen molar-refractivity contribution in [3.8, 4) is 16.9 Å². The number of hydrogen-bond acceptors (Lipinski definition) is 2. The molecule has 76 valence electrons. The Morgan fingerprint density at radius 3 is 2.60 bits per heavy atom. The largest absolute Gasteiger partial charge is 0.507 e. The lowest BCUT2D eigenvalue weighted by Gasteiger charge is -2.05. The van der Waals surface area contributed by atoms with Crippen LogP contribution in [0.15, 0.2) is 42.5 Å². The number of rotatable bonds is 1. The molecule has 0 atom stereocenters. The van der Waals surface area contributed by atoms with Crippen molar-refractivity contribution < 1.29 is 9.50 Å². The number of aromatic hydroxyl groups is 1. The highest BCUT2D eigenvalue weighted by atomic mass is 19.1. The first-order valence-corrected chi connectivity index (χ1v) is 4.51. The number of anilines is 1. The second kappa shape index (κ2) is 3.61. The van der Waals surface area contributed by atoms with Crippen LogP contribution in [0.3, 0.4) is 0 Å². The monoisotopic (exact) mass is 203 g/mol. The highest BCUT2D eigenvalue weighted by molar-refractivity contribution is 5.72. The van der Waals surface area contributed by atoms with Gasteiger partial charge in [0.2, 0.25) is 0 Å². The average molecular weight is 203 g/mol. The molecule has 0 heterocycles. The number of benzene rings is 2. The third-order valence-corrected chi connectivity index (χ3v) is 2.16. The van der Waals surface area contributed by atoms with Gasteiger partial charge in [-0.15, -0.1) is 0 Å². The highest BCUT2D eigenvalue weighted by Crippen LogP contribution is 2.30. The predicted octanol–water partition coefficient (Wildman–Crippen LogP) is 2.78. The van der Waals surface area contributed by atoms with Crippen molar-refractivity contribution >= 4 is 5.69 Å². The van der Waals surface area contributed by atoms with Crippen LogP contribution in [0.5, 0.6) is 5.75 Å². The van der Waals surface area contributed by atoms with Crippen LogP contribution in [0.4, 0.5) is 10.1 Å². The van der Waals surface area contributed by atoms with Crippen molar-refractivity contribution in [1.82, 2.24) is 0 Å². The van der Waals surface area contributed by atoms with Crippen LogP contribution in [0.2, 0.25) is 0 Å². The van der Waals surface area contributed by atoms with Gasteiger partial charge in [-0.3, -0.25) is 0 Å². The molecule has 2 aromatic rings. The zero-order valence-corrected chi connectivity index (χ0v) is 7.94. The van der Waals surface area contributed by atoms with Crippen molar-refractivity contribution in [1.29, 1.82) is 0 Å². The van der Waals surface area contributed by atoms with Gasteiger partial charge < -0.3 is 10.8 Å². The first-order chi connectivity index (χ1) is 7.16. The molecule has 0 fully saturated rings. The maximum Gasteiger partial charge on any atom is 0.124 e. The van der Waals surface area contributed by atoms with Gasteiger partial charge in [-0.2, -0.15) is 0 Å². The fraction of sp³-hybridized carbons (Fsp3) is 0. The summed E-state index contributed by atoms with van der Waals surface area (Å²) in [5.74, 6) is -0.341. The highest BCUT2D eigenvalue weighted by Gasteiger charge is 2.05. The van der Waals surface area contributed by atoms with Crippen LogP contribution < -0.4 is 5.73 Å². The molecule has 3 heteroatoms. The minimum atomic E-state index is -0.384. The zero-order chi connectivity index (χ0) is 10.8. The van der Waals surface area contributed by atoms with Crippen molar-refractivity contribution in [2.45, 2.75) is 0 Å². The van der Waals surface area contributed by atoms with Crippen LogP contribution in [0.25, 0.3) is 11.1 Å². The van der Waals surface area contributed by atoms with Crippen LogP contribution in [0.1, 0.15) is 0 Å². The van der Waals surface area contributed by atoms with E-state index in [-0.39, 0.29) is 11.6 Å². The van der Waals surface area contributed by atoms with Gasteiger partial charge in [0.1, 0.15) is 11.6 Å². The number of halogens is 1. The topological polar surface area (TPSA) is 46.2 Å². The van der Waals surface area contributed by atoms with E-state index in [1.54, 1.807) is 24.3 Å². The lowest BCUT2D eigenvalue weighted by Crippen LogP contribution is -1.86. The lowest BCUT2D eigenvalue weighted by atomic mass is 10.0. The maximum atomic E-state index is 13.0. The molecule has 0 aromatic heterocycles. The maximum absolute atomic E-state index is 13.0. The molecular formula is C12H10FNO. The molecule has 0 aliphatic carbocycles. The minimum Gasteiger partial charge on any atom is -0.507 e. The Kier molecular flexibility index (Phi) is 2.29. The van der Waals surface area contributed by atoms with E-state index in [0.717, 1.165) is 0 Å². The second-order valence-corrected chi connectivity index (χ2v) is 3.29. The number of hydrogen-bond donors (Lipinski definition) is 2. The van der Waals surface area contributed by atoms with Gasteiger partial charge in [-0.05, 0) is 35.9 Å². The van der Waals surface area contributed by atoms with Gasteiger partial charge >= 0.3 is 0 Å². The Labute approximate surface area is 86.8 Å². The molecule has 0 saturated carbocycles. The summed E-state index contributed by atoms with van der Waals surface area (Å²) >= 11 is 0. The Hall–Kier alpha value is -2.03. The summed E-state index contributed by atoms with van der Waals surface area (Å²) in [7, 11) is 0. The molecule has 0 saturated heterocycles. The lowest BCUT2D eigenvalue weighted by molar-refractivity contribution is 0.475. The summed E-state index contributed by atoms with van der Waals surface area (Å²) in [4.78, 5) is 0. The van der Waals surface area contributed by atoms with E-state index in [0.29, 0.717) is 16.8 Å². The average Bonchev–Trinajstić information content (AvgIpc) is 2.22. The number of phenols is 1. The predicted molar refractivity (Wildman–Crippen MR) is 57.9 cm³/mol. The van der Waals surface area contributed by atoms with E-state index in [1.807, 2.05) is 0 Å². The van der Waals surface area contributed by atoms with E-state index < -0.39 is 0 Å². The molecule has 0 amide bonds. The third-order valence-electron chi connectivity index (χ3n) is 2.16. The number of phenolic OH excluding ortho intramolecular Hbond substituents is 1. The molecule has 15 heavy (non-hydrogen) atoms. The summed E-state index contributed by atoms with van der Waals surface area (Å²) in [6.07, 6.45) is 0. The van der Waals surface area contributed by atoms with Crippen LogP contribution in [0, 0.1) is 5.82 Å². The number of nitrogen functional groups attached to an aromatic ring is 1. The van der Waals surface area contributed by atoms with Gasteiger partial charge in [0.05, 0.1) is 0 Å². The summed E-state index contributed by atoms with van der Waals surface area (Å²) in [5.41, 5.74) is 7.34. The Morgan fingerprint density at radius 1 is 1.07 bits per heavy atom. The smallest absolute Gasteiger partial charge is 0.124 e. The fourth-order valence-corrected chi connectivity index (χ4v) is 1.45. The minimum absolute atomic E-state index is 0.0435. The SMILES string of the molecule is Nc1cccc(-c2cc(F)ccc2O)c1. The van der Waals surface area contributed by atoms with Gasteiger partial charge in [-0.25, -0.2) is 4.39 Å². The Bertz CT molecular complexity index is 497. The molecule has 2 aromatic carbocycles. The normalized spacial score (nSPS) is 10.2. The summed E-state index contributed by atoms with van der Waals surface area (Å²) < 4.78 is 13.0. The van der Waals surface area contributed by atoms with Crippen molar-refractivity contribution in [3.63, 3.8) is 0 Å². The fourth-order valence-electron chi connectivity index (χ4n) is 1.45. The number of nitrogens with two attached hydrogens (primary N) is 1. The Balaban J connectivity index is 2.58. The van der Waals surface area contributed by atoms with E-state index in [2.05, 4.69) is 0 Å². The molecule has 0 spiro atoms. The van der Waals surface area contributed by atoms with Crippen molar-refractivity contribution in [2.75, 3.05) is 5.73 Å². The van der Waals surface area contributed by atoms with Crippen LogP contribution >= 0.6 is 0 Å². The summed E-state index contributed by atoms with van der Waals surface area (Å²) in [5, 5.41) is 9.57. The molecule has 3 N–H and O–H groups in total. The molecule has 0 aliphatic heterocycles. The van der Waals surface area contributed by atoms with E-state index in [4.69, 9.17) is 5.73 Å². The second-order valence-electron chi connectivity index (χ2n) is 3.29. The molecule has 0 aliphatic rings. The summed E-state index contributed by atoms with van der Waals surface area (Å²) in [6.45, 7) is 0. The first kappa shape index (κ1) is 9.52. The van der Waals surface area contributed by atoms with Gasteiger partial charge in [0.15, 0.2) is 0 Å². The molecule has 2 rings (SSSR count). The molecular weight excluding hydrogens is 193 g/mol.